The first kappa shape index (κ1) is 25.3. The van der Waals surface area contributed by atoms with Crippen LogP contribution >= 0.6 is 0 Å². The van der Waals surface area contributed by atoms with Crippen LogP contribution in [0.1, 0.15) is 23.7 Å². The summed E-state index contributed by atoms with van der Waals surface area (Å²) in [5.41, 5.74) is 9.26. The number of nitrogens with two attached hydrogens (primary N) is 1. The Morgan fingerprint density at radius 1 is 1.00 bits per heavy atom. The van der Waals surface area contributed by atoms with Crippen LogP contribution in [0.4, 0.5) is 21.9 Å². The Labute approximate surface area is 204 Å². The number of carbonyl (C=O) groups is 2. The maximum Gasteiger partial charge on any atom is 0.412 e. The molecule has 182 valence electrons. The van der Waals surface area contributed by atoms with E-state index in [9.17, 15) is 9.59 Å². The van der Waals surface area contributed by atoms with Crippen LogP contribution in [0.15, 0.2) is 84.9 Å². The number of hydrogen-bond donors (Lipinski definition) is 4. The van der Waals surface area contributed by atoms with E-state index in [1.54, 1.807) is 66.7 Å². The van der Waals surface area contributed by atoms with Crippen LogP contribution < -0.4 is 21.1 Å². The SMILES string of the molecule is Cc1ccc(NC(=O)O[C@H](C/C=C/C(=O)Nc2ccccc2N)c2ccc(OCCO)cc2)cc1. The number of anilines is 3. The van der Waals surface area contributed by atoms with Crippen LogP contribution in [0.3, 0.4) is 0 Å². The third kappa shape index (κ3) is 8.21. The Hall–Kier alpha value is -4.30. The molecule has 0 aliphatic heterocycles. The van der Waals surface area contributed by atoms with Gasteiger partial charge in [-0.15, -0.1) is 0 Å². The lowest BCUT2D eigenvalue weighted by Gasteiger charge is -2.18. The molecule has 0 saturated carbocycles. The van der Waals surface area contributed by atoms with Gasteiger partial charge in [0.05, 0.1) is 18.0 Å². The zero-order chi connectivity index (χ0) is 25.0. The lowest BCUT2D eigenvalue weighted by Crippen LogP contribution is -2.17. The fourth-order valence-corrected chi connectivity index (χ4v) is 3.19. The first-order chi connectivity index (χ1) is 16.9. The van der Waals surface area contributed by atoms with Gasteiger partial charge in [-0.1, -0.05) is 48.0 Å². The van der Waals surface area contributed by atoms with E-state index >= 15 is 0 Å². The molecule has 0 fully saturated rings. The summed E-state index contributed by atoms with van der Waals surface area (Å²) in [6.45, 7) is 2.05. The molecule has 0 aromatic heterocycles. The zero-order valence-electron chi connectivity index (χ0n) is 19.4. The molecule has 3 aromatic rings. The van der Waals surface area contributed by atoms with Crippen molar-refractivity contribution in [3.63, 3.8) is 0 Å². The second-order valence-corrected chi connectivity index (χ2v) is 7.74. The largest absolute Gasteiger partial charge is 0.491 e. The molecule has 35 heavy (non-hydrogen) atoms. The van der Waals surface area contributed by atoms with E-state index in [1.807, 2.05) is 19.1 Å². The number of aryl methyl sites for hydroxylation is 1. The number of para-hydroxylation sites is 2. The highest BCUT2D eigenvalue weighted by atomic mass is 16.6. The van der Waals surface area contributed by atoms with Crippen molar-refractivity contribution in [2.45, 2.75) is 19.4 Å². The minimum Gasteiger partial charge on any atom is -0.491 e. The van der Waals surface area contributed by atoms with E-state index in [1.165, 1.54) is 6.08 Å². The molecule has 3 aromatic carbocycles. The molecular weight excluding hydrogens is 446 g/mol. The standard InChI is InChI=1S/C27H29N3O5/c1-19-9-13-21(14-10-19)29-27(33)35-25(20-11-15-22(16-12-20)34-18-17-31)7-4-8-26(32)30-24-6-3-2-5-23(24)28/h2-6,8-16,25,31H,7,17-18,28H2,1H3,(H,29,33)(H,30,32)/b8-4+/t25-/m1/s1. The second kappa shape index (κ2) is 12.8. The minimum atomic E-state index is -0.654. The Kier molecular flexibility index (Phi) is 9.27. The molecule has 0 spiro atoms. The van der Waals surface area contributed by atoms with Crippen LogP contribution in [0.2, 0.25) is 0 Å². The average Bonchev–Trinajstić information content (AvgIpc) is 2.85. The predicted octanol–water partition coefficient (Wildman–Crippen LogP) is 4.82. The maximum atomic E-state index is 12.6. The summed E-state index contributed by atoms with van der Waals surface area (Å²) in [5.74, 6) is 0.236. The van der Waals surface area contributed by atoms with E-state index in [4.69, 9.17) is 20.3 Å². The molecule has 0 saturated heterocycles. The third-order valence-electron chi connectivity index (χ3n) is 5.00. The van der Waals surface area contributed by atoms with E-state index in [0.717, 1.165) is 11.1 Å². The number of ether oxygens (including phenoxy) is 2. The van der Waals surface area contributed by atoms with Crippen molar-refractivity contribution in [2.24, 2.45) is 0 Å². The number of carbonyl (C=O) groups excluding carboxylic acids is 2. The Balaban J connectivity index is 1.68. The molecule has 2 amide bonds. The highest BCUT2D eigenvalue weighted by Gasteiger charge is 2.16. The average molecular weight is 476 g/mol. The summed E-state index contributed by atoms with van der Waals surface area (Å²) < 4.78 is 11.1. The number of amides is 2. The molecule has 0 heterocycles. The van der Waals surface area contributed by atoms with Gasteiger partial charge in [0, 0.05) is 12.1 Å². The van der Waals surface area contributed by atoms with Gasteiger partial charge in [0.2, 0.25) is 5.91 Å². The van der Waals surface area contributed by atoms with Gasteiger partial charge < -0.3 is 25.6 Å². The summed E-state index contributed by atoms with van der Waals surface area (Å²) in [7, 11) is 0. The molecule has 0 unspecified atom stereocenters. The van der Waals surface area contributed by atoms with Gasteiger partial charge in [0.1, 0.15) is 18.5 Å². The van der Waals surface area contributed by atoms with Crippen LogP contribution in [0.5, 0.6) is 5.75 Å². The molecule has 8 nitrogen and oxygen atoms in total. The first-order valence-corrected chi connectivity index (χ1v) is 11.1. The molecule has 0 bridgehead atoms. The Morgan fingerprint density at radius 2 is 1.71 bits per heavy atom. The second-order valence-electron chi connectivity index (χ2n) is 7.74. The van der Waals surface area contributed by atoms with E-state index in [2.05, 4.69) is 10.6 Å². The fraction of sp³-hybridized carbons (Fsp3) is 0.185. The third-order valence-corrected chi connectivity index (χ3v) is 5.00. The first-order valence-electron chi connectivity index (χ1n) is 11.1. The highest BCUT2D eigenvalue weighted by molar-refractivity contribution is 6.01. The van der Waals surface area contributed by atoms with Crippen molar-refractivity contribution in [3.8, 4) is 5.75 Å². The molecule has 8 heteroatoms. The molecule has 0 aliphatic carbocycles. The predicted molar refractivity (Wildman–Crippen MR) is 136 cm³/mol. The monoisotopic (exact) mass is 475 g/mol. The van der Waals surface area contributed by atoms with E-state index < -0.39 is 12.2 Å². The van der Waals surface area contributed by atoms with Crippen LogP contribution in [0.25, 0.3) is 0 Å². The number of nitrogens with one attached hydrogen (secondary N) is 2. The van der Waals surface area contributed by atoms with E-state index in [0.29, 0.717) is 22.8 Å². The lowest BCUT2D eigenvalue weighted by molar-refractivity contribution is -0.111. The Bertz CT molecular complexity index is 1140. The van der Waals surface area contributed by atoms with Crippen LogP contribution in [-0.4, -0.2) is 30.3 Å². The van der Waals surface area contributed by atoms with Crippen molar-refractivity contribution in [3.05, 3.63) is 96.1 Å². The number of aliphatic hydroxyl groups excluding tert-OH is 1. The molecule has 0 radical (unpaired) electrons. The van der Waals surface area contributed by atoms with Crippen molar-refractivity contribution in [1.82, 2.24) is 0 Å². The van der Waals surface area contributed by atoms with Crippen LogP contribution in [-0.2, 0) is 9.53 Å². The van der Waals surface area contributed by atoms with Crippen molar-refractivity contribution in [1.29, 1.82) is 0 Å². The number of nitrogen functional groups attached to an aromatic ring is 1. The van der Waals surface area contributed by atoms with Crippen molar-refractivity contribution >= 4 is 29.1 Å². The summed E-state index contributed by atoms with van der Waals surface area (Å²) in [6, 6.07) is 21.3. The molecule has 0 aliphatic rings. The summed E-state index contributed by atoms with van der Waals surface area (Å²) in [4.78, 5) is 24.9. The fourth-order valence-electron chi connectivity index (χ4n) is 3.19. The number of aliphatic hydroxyl groups is 1. The van der Waals surface area contributed by atoms with Gasteiger partial charge in [-0.2, -0.15) is 0 Å². The lowest BCUT2D eigenvalue weighted by atomic mass is 10.1. The van der Waals surface area contributed by atoms with Gasteiger partial charge in [-0.3, -0.25) is 10.1 Å². The van der Waals surface area contributed by atoms with Gasteiger partial charge in [-0.25, -0.2) is 4.79 Å². The minimum absolute atomic E-state index is 0.0891. The zero-order valence-corrected chi connectivity index (χ0v) is 19.4. The molecule has 1 atom stereocenters. The smallest absolute Gasteiger partial charge is 0.412 e. The topological polar surface area (TPSA) is 123 Å². The maximum absolute atomic E-state index is 12.6. The quantitative estimate of drug-likeness (QED) is 0.246. The number of hydrogen-bond acceptors (Lipinski definition) is 6. The summed E-state index contributed by atoms with van der Waals surface area (Å²) in [6.07, 6.45) is 2.00. The summed E-state index contributed by atoms with van der Waals surface area (Å²) >= 11 is 0. The highest BCUT2D eigenvalue weighted by Crippen LogP contribution is 2.25. The van der Waals surface area contributed by atoms with Crippen molar-refractivity contribution < 1.29 is 24.2 Å². The number of benzene rings is 3. The molecular formula is C27H29N3O5. The Morgan fingerprint density at radius 3 is 2.40 bits per heavy atom. The van der Waals surface area contributed by atoms with Gasteiger partial charge >= 0.3 is 6.09 Å². The molecule has 5 N–H and O–H groups in total. The van der Waals surface area contributed by atoms with Crippen molar-refractivity contribution in [2.75, 3.05) is 29.6 Å². The normalized spacial score (nSPS) is 11.6. The van der Waals surface area contributed by atoms with E-state index in [-0.39, 0.29) is 25.5 Å². The van der Waals surface area contributed by atoms with Crippen LogP contribution in [0, 0.1) is 6.92 Å². The molecule has 3 rings (SSSR count). The van der Waals surface area contributed by atoms with Gasteiger partial charge in [0.25, 0.3) is 0 Å². The number of rotatable bonds is 10. The van der Waals surface area contributed by atoms with Gasteiger partial charge in [-0.05, 0) is 55.0 Å². The summed E-state index contributed by atoms with van der Waals surface area (Å²) in [5, 5.41) is 14.4. The van der Waals surface area contributed by atoms with Gasteiger partial charge in [0.15, 0.2) is 0 Å².